The molecule has 0 fully saturated rings. The standard InChI is InChI=1S/C20H22N4O7S/c1-11-17-18(20(28)24(19(17)27)8-9-31-13(3)26)15-10-14(4-5-16(15)23-11)32(29,30)22-7-6-21-12(2)25/h4-5,10,22H,6-9H2,1-3H3,(H,21,25). The molecule has 3 amide bonds. The highest BCUT2D eigenvalue weighted by Crippen LogP contribution is 2.32. The molecule has 11 nitrogen and oxygen atoms in total. The Balaban J connectivity index is 1.96. The molecule has 170 valence electrons. The van der Waals surface area contributed by atoms with Gasteiger partial charge in [0.05, 0.1) is 33.8 Å². The molecule has 0 spiro atoms. The van der Waals surface area contributed by atoms with Crippen LogP contribution in [0.2, 0.25) is 0 Å². The maximum absolute atomic E-state index is 13.0. The second-order valence-electron chi connectivity index (χ2n) is 7.11. The maximum atomic E-state index is 13.0. The van der Waals surface area contributed by atoms with Crippen LogP contribution < -0.4 is 10.0 Å². The number of nitrogens with zero attached hydrogens (tertiary/aromatic N) is 2. The number of benzene rings is 1. The number of hydrogen-bond acceptors (Lipinski definition) is 8. The first-order valence-corrected chi connectivity index (χ1v) is 11.2. The van der Waals surface area contributed by atoms with Gasteiger partial charge in [0.2, 0.25) is 15.9 Å². The summed E-state index contributed by atoms with van der Waals surface area (Å²) in [6.45, 7) is 3.94. The molecule has 0 atom stereocenters. The Kier molecular flexibility index (Phi) is 6.55. The number of aryl methyl sites for hydroxylation is 1. The lowest BCUT2D eigenvalue weighted by Crippen LogP contribution is -2.33. The Morgan fingerprint density at radius 1 is 1.09 bits per heavy atom. The number of rotatable bonds is 8. The van der Waals surface area contributed by atoms with Crippen LogP contribution in [0.3, 0.4) is 0 Å². The average molecular weight is 462 g/mol. The van der Waals surface area contributed by atoms with Gasteiger partial charge in [0, 0.05) is 32.3 Å². The number of fused-ring (bicyclic) bond motifs is 3. The highest BCUT2D eigenvalue weighted by molar-refractivity contribution is 7.89. The topological polar surface area (TPSA) is 152 Å². The first kappa shape index (κ1) is 23.3. The second kappa shape index (κ2) is 9.01. The van der Waals surface area contributed by atoms with E-state index in [4.69, 9.17) is 4.74 Å². The van der Waals surface area contributed by atoms with E-state index in [0.29, 0.717) is 11.2 Å². The van der Waals surface area contributed by atoms with Crippen molar-refractivity contribution < 1.29 is 32.3 Å². The highest BCUT2D eigenvalue weighted by atomic mass is 32.2. The van der Waals surface area contributed by atoms with Crippen LogP contribution in [0.5, 0.6) is 0 Å². The van der Waals surface area contributed by atoms with Gasteiger partial charge in [0.25, 0.3) is 11.8 Å². The molecule has 32 heavy (non-hydrogen) atoms. The lowest BCUT2D eigenvalue weighted by Gasteiger charge is -2.13. The predicted molar refractivity (Wildman–Crippen MR) is 112 cm³/mol. The van der Waals surface area contributed by atoms with E-state index >= 15 is 0 Å². The number of carbonyl (C=O) groups excluding carboxylic acids is 4. The minimum absolute atomic E-state index is 0.0223. The van der Waals surface area contributed by atoms with Crippen LogP contribution in [-0.4, -0.2) is 68.2 Å². The Morgan fingerprint density at radius 3 is 2.44 bits per heavy atom. The largest absolute Gasteiger partial charge is 0.464 e. The molecule has 3 rings (SSSR count). The number of hydrogen-bond donors (Lipinski definition) is 2. The molecule has 0 radical (unpaired) electrons. The van der Waals surface area contributed by atoms with Gasteiger partial charge in [0.1, 0.15) is 6.61 Å². The predicted octanol–water partition coefficient (Wildman–Crippen LogP) is 0.117. The lowest BCUT2D eigenvalue weighted by molar-refractivity contribution is -0.141. The van der Waals surface area contributed by atoms with Crippen LogP contribution >= 0.6 is 0 Å². The van der Waals surface area contributed by atoms with Crippen LogP contribution in [0.1, 0.15) is 40.3 Å². The third-order valence-corrected chi connectivity index (χ3v) is 6.24. The van der Waals surface area contributed by atoms with Crippen molar-refractivity contribution >= 4 is 44.6 Å². The average Bonchev–Trinajstić information content (AvgIpc) is 2.96. The molecule has 1 aromatic carbocycles. The van der Waals surface area contributed by atoms with E-state index in [9.17, 15) is 27.6 Å². The summed E-state index contributed by atoms with van der Waals surface area (Å²) in [6.07, 6.45) is 0. The molecule has 1 aliphatic rings. The molecule has 2 N–H and O–H groups in total. The van der Waals surface area contributed by atoms with Gasteiger partial charge in [-0.3, -0.25) is 29.1 Å². The van der Waals surface area contributed by atoms with Gasteiger partial charge in [-0.15, -0.1) is 0 Å². The number of esters is 1. The fourth-order valence-corrected chi connectivity index (χ4v) is 4.43. The zero-order valence-electron chi connectivity index (χ0n) is 17.7. The van der Waals surface area contributed by atoms with E-state index in [2.05, 4.69) is 15.0 Å². The van der Waals surface area contributed by atoms with Gasteiger partial charge in [-0.1, -0.05) is 0 Å². The first-order chi connectivity index (χ1) is 15.0. The van der Waals surface area contributed by atoms with Crippen molar-refractivity contribution in [1.29, 1.82) is 0 Å². The molecule has 1 aliphatic heterocycles. The van der Waals surface area contributed by atoms with Gasteiger partial charge in [0.15, 0.2) is 0 Å². The van der Waals surface area contributed by atoms with Gasteiger partial charge in [-0.2, -0.15) is 0 Å². The normalized spacial score (nSPS) is 13.4. The molecule has 2 aromatic rings. The van der Waals surface area contributed by atoms with Crippen molar-refractivity contribution in [3.63, 3.8) is 0 Å². The minimum atomic E-state index is -3.94. The molecule has 2 heterocycles. The smallest absolute Gasteiger partial charge is 0.302 e. The van der Waals surface area contributed by atoms with Crippen molar-refractivity contribution in [1.82, 2.24) is 19.9 Å². The summed E-state index contributed by atoms with van der Waals surface area (Å²) in [6, 6.07) is 4.11. The molecule has 0 bridgehead atoms. The second-order valence-corrected chi connectivity index (χ2v) is 8.88. The summed E-state index contributed by atoms with van der Waals surface area (Å²) >= 11 is 0. The first-order valence-electron chi connectivity index (χ1n) is 9.71. The van der Waals surface area contributed by atoms with E-state index in [1.807, 2.05) is 0 Å². The Labute approximate surface area is 184 Å². The van der Waals surface area contributed by atoms with Crippen LogP contribution in [-0.2, 0) is 24.3 Å². The Bertz CT molecular complexity index is 1240. The summed E-state index contributed by atoms with van der Waals surface area (Å²) in [4.78, 5) is 52.9. The number of aromatic nitrogens is 1. The number of nitrogens with one attached hydrogen (secondary N) is 2. The number of sulfonamides is 1. The van der Waals surface area contributed by atoms with Gasteiger partial charge < -0.3 is 10.1 Å². The molecule has 0 saturated heterocycles. The summed E-state index contributed by atoms with van der Waals surface area (Å²) < 4.78 is 32.5. The number of amides is 3. The molecule has 1 aromatic heterocycles. The van der Waals surface area contributed by atoms with E-state index in [1.54, 1.807) is 6.92 Å². The summed E-state index contributed by atoms with van der Waals surface area (Å²) in [5, 5.41) is 2.71. The van der Waals surface area contributed by atoms with Crippen LogP contribution in [0, 0.1) is 6.92 Å². The summed E-state index contributed by atoms with van der Waals surface area (Å²) in [5.74, 6) is -2.01. The molecule has 0 saturated carbocycles. The molecule has 0 aliphatic carbocycles. The number of ether oxygens (including phenoxy) is 1. The molecular weight excluding hydrogens is 440 g/mol. The summed E-state index contributed by atoms with van der Waals surface area (Å²) in [7, 11) is -3.94. The van der Waals surface area contributed by atoms with Crippen molar-refractivity contribution in [3.8, 4) is 0 Å². The van der Waals surface area contributed by atoms with Crippen LogP contribution in [0.4, 0.5) is 0 Å². The van der Waals surface area contributed by atoms with Crippen molar-refractivity contribution in [2.24, 2.45) is 0 Å². The Morgan fingerprint density at radius 2 is 1.78 bits per heavy atom. The monoisotopic (exact) mass is 462 g/mol. The number of carbonyl (C=O) groups is 4. The zero-order valence-corrected chi connectivity index (χ0v) is 18.5. The van der Waals surface area contributed by atoms with Gasteiger partial charge in [-0.05, 0) is 25.1 Å². The zero-order chi connectivity index (χ0) is 23.6. The molecular formula is C20H22N4O7S. The SMILES string of the molecule is CC(=O)NCCNS(=O)(=O)c1ccc2nc(C)c3c(c2c1)C(=O)N(CCOC(C)=O)C3=O. The van der Waals surface area contributed by atoms with E-state index in [1.165, 1.54) is 32.0 Å². The third kappa shape index (κ3) is 4.60. The van der Waals surface area contributed by atoms with Crippen molar-refractivity contribution in [2.45, 2.75) is 25.7 Å². The van der Waals surface area contributed by atoms with Gasteiger partial charge >= 0.3 is 5.97 Å². The van der Waals surface area contributed by atoms with E-state index < -0.39 is 27.8 Å². The number of pyridine rings is 1. The van der Waals surface area contributed by atoms with Crippen molar-refractivity contribution in [2.75, 3.05) is 26.2 Å². The lowest BCUT2D eigenvalue weighted by atomic mass is 10.0. The maximum Gasteiger partial charge on any atom is 0.302 e. The van der Waals surface area contributed by atoms with Crippen LogP contribution in [0.15, 0.2) is 23.1 Å². The van der Waals surface area contributed by atoms with Crippen molar-refractivity contribution in [3.05, 3.63) is 35.0 Å². The van der Waals surface area contributed by atoms with Crippen LogP contribution in [0.25, 0.3) is 10.9 Å². The highest BCUT2D eigenvalue weighted by Gasteiger charge is 2.39. The molecule has 12 heteroatoms. The number of imide groups is 1. The molecule has 0 unspecified atom stereocenters. The fourth-order valence-electron chi connectivity index (χ4n) is 3.37. The van der Waals surface area contributed by atoms with Gasteiger partial charge in [-0.25, -0.2) is 13.1 Å². The quantitative estimate of drug-likeness (QED) is 0.319. The minimum Gasteiger partial charge on any atom is -0.464 e. The van der Waals surface area contributed by atoms with E-state index in [0.717, 1.165) is 4.90 Å². The Hall–Kier alpha value is -3.38. The third-order valence-electron chi connectivity index (χ3n) is 4.78. The summed E-state index contributed by atoms with van der Waals surface area (Å²) in [5.41, 5.74) is 0.861. The van der Waals surface area contributed by atoms with E-state index in [-0.39, 0.29) is 53.6 Å². The fraction of sp³-hybridized carbons (Fsp3) is 0.350.